The lowest BCUT2D eigenvalue weighted by molar-refractivity contribution is 0.283. The Morgan fingerprint density at radius 3 is 2.47 bits per heavy atom. The van der Waals surface area contributed by atoms with Crippen molar-refractivity contribution < 1.29 is 14.2 Å². The predicted octanol–water partition coefficient (Wildman–Crippen LogP) is 3.98. The highest BCUT2D eigenvalue weighted by Crippen LogP contribution is 2.29. The Hall–Kier alpha value is -4.26. The molecule has 0 atom stereocenters. The van der Waals surface area contributed by atoms with Crippen LogP contribution in [0.1, 0.15) is 16.8 Å². The third kappa shape index (κ3) is 4.89. The lowest BCUT2D eigenvalue weighted by Crippen LogP contribution is -2.15. The number of hydrazone groups is 1. The van der Waals surface area contributed by atoms with E-state index in [1.807, 2.05) is 54.6 Å². The number of aromatic nitrogens is 1. The zero-order valence-corrected chi connectivity index (χ0v) is 17.7. The number of para-hydroxylation sites is 1. The van der Waals surface area contributed by atoms with Gasteiger partial charge in [0.05, 0.1) is 18.3 Å². The number of fused-ring (bicyclic) bond motifs is 1. The van der Waals surface area contributed by atoms with Gasteiger partial charge >= 0.3 is 0 Å². The molecule has 0 fully saturated rings. The number of hydrogen-bond acceptors (Lipinski definition) is 6. The van der Waals surface area contributed by atoms with Crippen LogP contribution < -0.4 is 25.8 Å². The van der Waals surface area contributed by atoms with E-state index in [2.05, 4.69) is 16.2 Å². The maximum absolute atomic E-state index is 5.93. The molecule has 0 unspecified atom stereocenters. The van der Waals surface area contributed by atoms with Gasteiger partial charge in [-0.3, -0.25) is 0 Å². The highest BCUT2D eigenvalue weighted by Gasteiger charge is 2.09. The molecule has 0 spiro atoms. The lowest BCUT2D eigenvalue weighted by atomic mass is 10.2. The van der Waals surface area contributed by atoms with Gasteiger partial charge in [-0.15, -0.1) is 0 Å². The van der Waals surface area contributed by atoms with Crippen LogP contribution in [0.3, 0.4) is 0 Å². The Bertz CT molecular complexity index is 1240. The van der Waals surface area contributed by atoms with Gasteiger partial charge in [0.25, 0.3) is 0 Å². The molecular formula is C25H24N4O3. The standard InChI is InChI=1S/C25H24N4O3/c1-30-23-13-9-19(25(26)29-27)14-24(23)32-15-17-6-11-21(12-7-17)31-16-20-10-8-18-4-2-3-5-22(18)28-20/h2-14H,15-16,27H2,1H3,(H2,26,29). The SMILES string of the molecule is COc1ccc(/C(N)=N/N)cc1OCc1ccc(OCc2ccc3ccccc3n2)cc1. The fraction of sp³-hybridized carbons (Fsp3) is 0.120. The minimum absolute atomic E-state index is 0.222. The molecule has 3 aromatic carbocycles. The first kappa shape index (κ1) is 21.0. The van der Waals surface area contributed by atoms with E-state index >= 15 is 0 Å². The van der Waals surface area contributed by atoms with E-state index in [1.165, 1.54) is 0 Å². The van der Waals surface area contributed by atoms with E-state index in [1.54, 1.807) is 25.3 Å². The summed E-state index contributed by atoms with van der Waals surface area (Å²) in [6.07, 6.45) is 0. The minimum atomic E-state index is 0.222. The summed E-state index contributed by atoms with van der Waals surface area (Å²) in [5.41, 5.74) is 9.27. The molecule has 4 N–H and O–H groups in total. The number of pyridine rings is 1. The Balaban J connectivity index is 1.37. The van der Waals surface area contributed by atoms with Crippen molar-refractivity contribution in [1.82, 2.24) is 4.98 Å². The van der Waals surface area contributed by atoms with Crippen molar-refractivity contribution in [3.05, 3.63) is 95.7 Å². The van der Waals surface area contributed by atoms with Crippen LogP contribution in [0.5, 0.6) is 17.2 Å². The van der Waals surface area contributed by atoms with Crippen LogP contribution >= 0.6 is 0 Å². The van der Waals surface area contributed by atoms with E-state index < -0.39 is 0 Å². The summed E-state index contributed by atoms with van der Waals surface area (Å²) in [5, 5.41) is 4.63. The molecule has 4 rings (SSSR count). The lowest BCUT2D eigenvalue weighted by Gasteiger charge is -2.13. The number of ether oxygens (including phenoxy) is 3. The third-order valence-corrected chi connectivity index (χ3v) is 4.96. The van der Waals surface area contributed by atoms with Crippen molar-refractivity contribution in [2.24, 2.45) is 16.7 Å². The average molecular weight is 428 g/mol. The summed E-state index contributed by atoms with van der Waals surface area (Å²) in [6.45, 7) is 0.751. The van der Waals surface area contributed by atoms with Crippen LogP contribution in [-0.2, 0) is 13.2 Å². The summed E-state index contributed by atoms with van der Waals surface area (Å²) < 4.78 is 17.2. The number of amidine groups is 1. The molecule has 32 heavy (non-hydrogen) atoms. The molecule has 0 bridgehead atoms. The first-order valence-corrected chi connectivity index (χ1v) is 10.1. The first-order chi connectivity index (χ1) is 15.7. The summed E-state index contributed by atoms with van der Waals surface area (Å²) in [5.74, 6) is 7.40. The van der Waals surface area contributed by atoms with Gasteiger partial charge in [-0.1, -0.05) is 36.4 Å². The van der Waals surface area contributed by atoms with E-state index in [9.17, 15) is 0 Å². The van der Waals surface area contributed by atoms with Crippen molar-refractivity contribution in [1.29, 1.82) is 0 Å². The number of nitrogens with zero attached hydrogens (tertiary/aromatic N) is 2. The molecule has 0 amide bonds. The molecule has 1 heterocycles. The molecule has 1 aromatic heterocycles. The number of benzene rings is 3. The van der Waals surface area contributed by atoms with E-state index in [0.717, 1.165) is 27.9 Å². The maximum atomic E-state index is 5.93. The van der Waals surface area contributed by atoms with Gasteiger partial charge in [0.15, 0.2) is 11.5 Å². The number of methoxy groups -OCH3 is 1. The Morgan fingerprint density at radius 2 is 1.69 bits per heavy atom. The van der Waals surface area contributed by atoms with Crippen LogP contribution in [0.15, 0.2) is 84.0 Å². The second-order valence-corrected chi connectivity index (χ2v) is 7.10. The first-order valence-electron chi connectivity index (χ1n) is 10.1. The second-order valence-electron chi connectivity index (χ2n) is 7.10. The number of rotatable bonds is 8. The van der Waals surface area contributed by atoms with E-state index in [0.29, 0.717) is 30.3 Å². The molecule has 0 saturated heterocycles. The zero-order chi connectivity index (χ0) is 22.3. The molecule has 4 aromatic rings. The van der Waals surface area contributed by atoms with Gasteiger partial charge in [-0.2, -0.15) is 5.10 Å². The Kier molecular flexibility index (Phi) is 6.36. The maximum Gasteiger partial charge on any atom is 0.162 e. The Labute approximate surface area is 186 Å². The molecule has 0 radical (unpaired) electrons. The van der Waals surface area contributed by atoms with Gasteiger partial charge < -0.3 is 25.8 Å². The van der Waals surface area contributed by atoms with E-state index in [-0.39, 0.29) is 5.84 Å². The zero-order valence-electron chi connectivity index (χ0n) is 17.7. The average Bonchev–Trinajstić information content (AvgIpc) is 2.86. The summed E-state index contributed by atoms with van der Waals surface area (Å²) in [7, 11) is 1.58. The quantitative estimate of drug-likeness (QED) is 0.190. The monoisotopic (exact) mass is 428 g/mol. The highest BCUT2D eigenvalue weighted by atomic mass is 16.5. The fourth-order valence-electron chi connectivity index (χ4n) is 3.21. The number of nitrogens with two attached hydrogens (primary N) is 2. The predicted molar refractivity (Wildman–Crippen MR) is 125 cm³/mol. The molecule has 0 saturated carbocycles. The summed E-state index contributed by atoms with van der Waals surface area (Å²) in [4.78, 5) is 4.63. The molecule has 0 aliphatic carbocycles. The van der Waals surface area contributed by atoms with Crippen LogP contribution in [-0.4, -0.2) is 17.9 Å². The van der Waals surface area contributed by atoms with Crippen molar-refractivity contribution in [2.75, 3.05) is 7.11 Å². The van der Waals surface area contributed by atoms with E-state index in [4.69, 9.17) is 25.8 Å². The molecule has 7 nitrogen and oxygen atoms in total. The van der Waals surface area contributed by atoms with Crippen LogP contribution in [0, 0.1) is 0 Å². The highest BCUT2D eigenvalue weighted by molar-refractivity contribution is 5.97. The van der Waals surface area contributed by atoms with Crippen molar-refractivity contribution in [3.8, 4) is 17.2 Å². The Morgan fingerprint density at radius 1 is 0.875 bits per heavy atom. The normalized spacial score (nSPS) is 11.3. The summed E-state index contributed by atoms with van der Waals surface area (Å²) in [6, 6.07) is 25.1. The van der Waals surface area contributed by atoms with Crippen LogP contribution in [0.2, 0.25) is 0 Å². The van der Waals surface area contributed by atoms with Crippen molar-refractivity contribution in [3.63, 3.8) is 0 Å². The fourth-order valence-corrected chi connectivity index (χ4v) is 3.21. The van der Waals surface area contributed by atoms with Crippen LogP contribution in [0.25, 0.3) is 10.9 Å². The van der Waals surface area contributed by atoms with Gasteiger partial charge in [-0.05, 0) is 48.0 Å². The largest absolute Gasteiger partial charge is 0.493 e. The summed E-state index contributed by atoms with van der Waals surface area (Å²) >= 11 is 0. The molecule has 7 heteroatoms. The molecule has 0 aliphatic rings. The van der Waals surface area contributed by atoms with Crippen molar-refractivity contribution >= 4 is 16.7 Å². The molecule has 0 aliphatic heterocycles. The minimum Gasteiger partial charge on any atom is -0.493 e. The van der Waals surface area contributed by atoms with Crippen LogP contribution in [0.4, 0.5) is 0 Å². The third-order valence-electron chi connectivity index (χ3n) is 4.96. The molecule has 162 valence electrons. The van der Waals surface area contributed by atoms with Gasteiger partial charge in [0, 0.05) is 10.9 Å². The topological polar surface area (TPSA) is 105 Å². The van der Waals surface area contributed by atoms with Gasteiger partial charge in [-0.25, -0.2) is 4.98 Å². The van der Waals surface area contributed by atoms with Gasteiger partial charge in [0.1, 0.15) is 24.8 Å². The smallest absolute Gasteiger partial charge is 0.162 e. The van der Waals surface area contributed by atoms with Gasteiger partial charge in [0.2, 0.25) is 0 Å². The molecular weight excluding hydrogens is 404 g/mol. The number of hydrogen-bond donors (Lipinski definition) is 2. The van der Waals surface area contributed by atoms with Crippen molar-refractivity contribution in [2.45, 2.75) is 13.2 Å². The second kappa shape index (κ2) is 9.70.